The number of thiocarbonyl (C=S) groups is 1. The molecule has 7 heteroatoms. The molecule has 1 amide bonds. The molecule has 1 fully saturated rings. The van der Waals surface area contributed by atoms with Gasteiger partial charge in [-0.05, 0) is 74.4 Å². The number of nitrogens with one attached hydrogen (secondary N) is 2. The summed E-state index contributed by atoms with van der Waals surface area (Å²) in [5, 5.41) is 7.11. The van der Waals surface area contributed by atoms with Crippen molar-refractivity contribution in [3.05, 3.63) is 82.9 Å². The van der Waals surface area contributed by atoms with E-state index in [1.165, 1.54) is 17.0 Å². The van der Waals surface area contributed by atoms with Crippen molar-refractivity contribution in [2.45, 2.75) is 39.3 Å². The lowest BCUT2D eigenvalue weighted by Crippen LogP contribution is -2.32. The van der Waals surface area contributed by atoms with Crippen molar-refractivity contribution in [3.8, 4) is 0 Å². The molecule has 0 saturated carbocycles. The number of hydrogen-bond acceptors (Lipinski definition) is 3. The van der Waals surface area contributed by atoms with Gasteiger partial charge in [0.25, 0.3) is 0 Å². The molecule has 0 aliphatic carbocycles. The zero-order chi connectivity index (χ0) is 22.8. The van der Waals surface area contributed by atoms with E-state index >= 15 is 0 Å². The topological polar surface area (TPSA) is 62.2 Å². The molecule has 3 heterocycles. The highest BCUT2D eigenvalue weighted by Crippen LogP contribution is 2.40. The van der Waals surface area contributed by atoms with E-state index in [0.29, 0.717) is 18.1 Å². The number of hydrogen-bond donors (Lipinski definition) is 2. The average molecular weight is 448 g/mol. The summed E-state index contributed by atoms with van der Waals surface area (Å²) < 4.78 is 2.19. The predicted octanol–water partition coefficient (Wildman–Crippen LogP) is 4.35. The van der Waals surface area contributed by atoms with Crippen LogP contribution in [0.4, 0.5) is 5.69 Å². The van der Waals surface area contributed by atoms with E-state index in [9.17, 15) is 4.79 Å². The fourth-order valence-electron chi connectivity index (χ4n) is 4.34. The molecule has 6 nitrogen and oxygen atoms in total. The van der Waals surface area contributed by atoms with Gasteiger partial charge < -0.3 is 20.1 Å². The second-order valence-corrected chi connectivity index (χ2v) is 8.76. The van der Waals surface area contributed by atoms with E-state index in [1.807, 2.05) is 49.4 Å². The van der Waals surface area contributed by atoms with Crippen LogP contribution in [0.3, 0.4) is 0 Å². The van der Waals surface area contributed by atoms with Gasteiger partial charge >= 0.3 is 0 Å². The standard InChI is InChI=1S/C25H29N5OS/c1-16-8-7-9-19(14-16)27-22(31)11-13-30-24(20-15-17(2)29(4)18(20)3)23(28-25(30)32)21-10-5-6-12-26-21/h5-10,12,14-15,23-24H,11,13H2,1-4H3,(H,27,31)(H,28,32)/t23-,24-/m1/s1. The minimum Gasteiger partial charge on any atom is -0.352 e. The van der Waals surface area contributed by atoms with Crippen LogP contribution >= 0.6 is 12.2 Å². The predicted molar refractivity (Wildman–Crippen MR) is 131 cm³/mol. The molecule has 2 atom stereocenters. The second kappa shape index (κ2) is 9.12. The SMILES string of the molecule is Cc1cccc(NC(=O)CCN2C(=S)N[C@H](c3ccccn3)[C@H]2c2cc(C)n(C)c2C)c1. The smallest absolute Gasteiger partial charge is 0.226 e. The Morgan fingerprint density at radius 3 is 2.62 bits per heavy atom. The Morgan fingerprint density at radius 2 is 1.97 bits per heavy atom. The number of benzene rings is 1. The van der Waals surface area contributed by atoms with Crippen LogP contribution in [0.5, 0.6) is 0 Å². The summed E-state index contributed by atoms with van der Waals surface area (Å²) in [5.74, 6) is -0.0283. The maximum atomic E-state index is 12.7. The summed E-state index contributed by atoms with van der Waals surface area (Å²) in [6.45, 7) is 6.76. The molecule has 0 spiro atoms. The molecule has 166 valence electrons. The quantitative estimate of drug-likeness (QED) is 0.550. The third-order valence-corrected chi connectivity index (χ3v) is 6.56. The third-order valence-electron chi connectivity index (χ3n) is 6.21. The monoisotopic (exact) mass is 447 g/mol. The number of pyridine rings is 1. The summed E-state index contributed by atoms with van der Waals surface area (Å²) in [5.41, 5.74) is 6.44. The summed E-state index contributed by atoms with van der Waals surface area (Å²) in [6, 6.07) is 15.8. The lowest BCUT2D eigenvalue weighted by Gasteiger charge is -2.28. The van der Waals surface area contributed by atoms with Gasteiger partial charge in [0.15, 0.2) is 5.11 Å². The lowest BCUT2D eigenvalue weighted by molar-refractivity contribution is -0.116. The van der Waals surface area contributed by atoms with Gasteiger partial charge in [-0.25, -0.2) is 0 Å². The number of rotatable bonds is 6. The van der Waals surface area contributed by atoms with Gasteiger partial charge in [0.1, 0.15) is 0 Å². The highest BCUT2D eigenvalue weighted by atomic mass is 32.1. The number of aryl methyl sites for hydroxylation is 2. The largest absolute Gasteiger partial charge is 0.352 e. The molecule has 1 saturated heterocycles. The molecule has 4 rings (SSSR count). The Labute approximate surface area is 194 Å². The highest BCUT2D eigenvalue weighted by molar-refractivity contribution is 7.80. The van der Waals surface area contributed by atoms with Crippen LogP contribution in [-0.4, -0.2) is 32.0 Å². The number of anilines is 1. The van der Waals surface area contributed by atoms with E-state index in [4.69, 9.17) is 12.2 Å². The van der Waals surface area contributed by atoms with Gasteiger partial charge in [-0.2, -0.15) is 0 Å². The van der Waals surface area contributed by atoms with Gasteiger partial charge in [0.05, 0.1) is 17.8 Å². The number of aromatic nitrogens is 2. The minimum atomic E-state index is -0.0796. The molecule has 0 bridgehead atoms. The van der Waals surface area contributed by atoms with Crippen molar-refractivity contribution >= 4 is 28.9 Å². The van der Waals surface area contributed by atoms with Gasteiger partial charge in [0.2, 0.25) is 5.91 Å². The first-order chi connectivity index (χ1) is 15.3. The van der Waals surface area contributed by atoms with Gasteiger partial charge in [-0.1, -0.05) is 18.2 Å². The number of amides is 1. The Morgan fingerprint density at radius 1 is 1.16 bits per heavy atom. The molecule has 1 aliphatic heterocycles. The zero-order valence-electron chi connectivity index (χ0n) is 18.9. The Bertz CT molecular complexity index is 1140. The van der Waals surface area contributed by atoms with Crippen molar-refractivity contribution in [3.63, 3.8) is 0 Å². The van der Waals surface area contributed by atoms with E-state index in [2.05, 4.69) is 52.0 Å². The first-order valence-electron chi connectivity index (χ1n) is 10.8. The van der Waals surface area contributed by atoms with Crippen LogP contribution in [0.1, 0.15) is 46.7 Å². The summed E-state index contributed by atoms with van der Waals surface area (Å²) in [7, 11) is 2.07. The maximum absolute atomic E-state index is 12.7. The summed E-state index contributed by atoms with van der Waals surface area (Å²) >= 11 is 5.72. The molecular formula is C25H29N5OS. The maximum Gasteiger partial charge on any atom is 0.226 e. The summed E-state index contributed by atoms with van der Waals surface area (Å²) in [4.78, 5) is 19.4. The van der Waals surface area contributed by atoms with Crippen LogP contribution in [0.15, 0.2) is 54.7 Å². The van der Waals surface area contributed by atoms with Crippen LogP contribution < -0.4 is 10.6 Å². The van der Waals surface area contributed by atoms with Crippen molar-refractivity contribution < 1.29 is 4.79 Å². The molecule has 3 aromatic rings. The third kappa shape index (κ3) is 4.39. The first kappa shape index (κ1) is 22.0. The normalized spacial score (nSPS) is 18.0. The van der Waals surface area contributed by atoms with Gasteiger partial charge in [-0.3, -0.25) is 9.78 Å². The molecule has 2 aromatic heterocycles. The molecule has 0 unspecified atom stereocenters. The van der Waals surface area contributed by atoms with Gasteiger partial charge in [0, 0.05) is 43.3 Å². The average Bonchev–Trinajstić information content (AvgIpc) is 3.23. The van der Waals surface area contributed by atoms with Crippen LogP contribution in [0, 0.1) is 20.8 Å². The fraction of sp³-hybridized carbons (Fsp3) is 0.320. The molecule has 1 aromatic carbocycles. The molecule has 2 N–H and O–H groups in total. The van der Waals surface area contributed by atoms with Crippen molar-refractivity contribution in [1.29, 1.82) is 0 Å². The summed E-state index contributed by atoms with van der Waals surface area (Å²) in [6.07, 6.45) is 2.14. The van der Waals surface area contributed by atoms with Crippen LogP contribution in [-0.2, 0) is 11.8 Å². The van der Waals surface area contributed by atoms with Crippen molar-refractivity contribution in [1.82, 2.24) is 19.8 Å². The molecule has 0 radical (unpaired) electrons. The second-order valence-electron chi connectivity index (χ2n) is 8.37. The highest BCUT2D eigenvalue weighted by Gasteiger charge is 2.41. The van der Waals surface area contributed by atoms with E-state index in [1.54, 1.807) is 6.20 Å². The lowest BCUT2D eigenvalue weighted by atomic mass is 9.96. The Hall–Kier alpha value is -3.19. The van der Waals surface area contributed by atoms with E-state index in [-0.39, 0.29) is 18.0 Å². The number of carbonyl (C=O) groups is 1. The van der Waals surface area contributed by atoms with Crippen molar-refractivity contribution in [2.24, 2.45) is 7.05 Å². The molecule has 32 heavy (non-hydrogen) atoms. The van der Waals surface area contributed by atoms with E-state index < -0.39 is 0 Å². The zero-order valence-corrected chi connectivity index (χ0v) is 19.7. The number of nitrogens with zero attached hydrogens (tertiary/aromatic N) is 3. The Balaban J connectivity index is 1.58. The number of carbonyl (C=O) groups excluding carboxylic acids is 1. The fourth-order valence-corrected chi connectivity index (χ4v) is 4.67. The Kier molecular flexibility index (Phi) is 6.28. The van der Waals surface area contributed by atoms with E-state index in [0.717, 1.165) is 16.9 Å². The van der Waals surface area contributed by atoms with Gasteiger partial charge in [-0.15, -0.1) is 0 Å². The van der Waals surface area contributed by atoms with Crippen LogP contribution in [0.25, 0.3) is 0 Å². The minimum absolute atomic E-state index is 0.0283. The van der Waals surface area contributed by atoms with Crippen LogP contribution in [0.2, 0.25) is 0 Å². The molecule has 1 aliphatic rings. The molecular weight excluding hydrogens is 418 g/mol. The van der Waals surface area contributed by atoms with Crippen molar-refractivity contribution in [2.75, 3.05) is 11.9 Å². The first-order valence-corrected chi connectivity index (χ1v) is 11.2.